The average Bonchev–Trinajstić information content (AvgIpc) is 3.26. The molecular formula is C25H21F6N3O3S. The van der Waals surface area contributed by atoms with Gasteiger partial charge in [-0.2, -0.15) is 31.3 Å². The molecule has 2 aliphatic heterocycles. The van der Waals surface area contributed by atoms with Gasteiger partial charge in [0, 0.05) is 31.7 Å². The molecule has 2 aliphatic rings. The first-order chi connectivity index (χ1) is 18.0. The summed E-state index contributed by atoms with van der Waals surface area (Å²) in [4.78, 5) is 18.7. The molecule has 0 radical (unpaired) electrons. The van der Waals surface area contributed by atoms with Crippen LogP contribution >= 0.6 is 11.8 Å². The molecule has 1 N–H and O–H groups in total. The number of amides is 1. The van der Waals surface area contributed by atoms with Gasteiger partial charge in [-0.05, 0) is 47.7 Å². The van der Waals surface area contributed by atoms with Crippen molar-refractivity contribution in [2.45, 2.75) is 19.0 Å². The van der Waals surface area contributed by atoms with E-state index in [2.05, 4.69) is 16.0 Å². The van der Waals surface area contributed by atoms with E-state index in [1.54, 1.807) is 12.1 Å². The molecular weight excluding hydrogens is 536 g/mol. The maximum absolute atomic E-state index is 13.4. The molecule has 0 unspecified atom stereocenters. The fraction of sp³-hybridized carbons (Fsp3) is 0.320. The lowest BCUT2D eigenvalue weighted by Crippen LogP contribution is -2.45. The summed E-state index contributed by atoms with van der Waals surface area (Å²) in [7, 11) is 1.33. The average molecular weight is 558 g/mol. The van der Waals surface area contributed by atoms with Gasteiger partial charge in [0.1, 0.15) is 11.5 Å². The zero-order valence-corrected chi connectivity index (χ0v) is 20.7. The number of carbonyl (C=O) groups excluding carboxylic acids is 1. The predicted molar refractivity (Wildman–Crippen MR) is 130 cm³/mol. The Balaban J connectivity index is 1.49. The summed E-state index contributed by atoms with van der Waals surface area (Å²) in [6.07, 6.45) is -8.38. The normalized spacial score (nSPS) is 16.3. The minimum absolute atomic E-state index is 0.0664. The van der Waals surface area contributed by atoms with Gasteiger partial charge in [-0.15, -0.1) is 0 Å². The van der Waals surface area contributed by atoms with Crippen LogP contribution in [0.3, 0.4) is 0 Å². The van der Waals surface area contributed by atoms with E-state index in [-0.39, 0.29) is 17.6 Å². The zero-order chi connectivity index (χ0) is 27.5. The summed E-state index contributed by atoms with van der Waals surface area (Å²) in [6, 6.07) is 5.94. The number of amidine groups is 1. The van der Waals surface area contributed by atoms with Crippen LogP contribution in [0.2, 0.25) is 0 Å². The third kappa shape index (κ3) is 6.53. The van der Waals surface area contributed by atoms with Gasteiger partial charge in [0.2, 0.25) is 0 Å². The molecule has 2 aromatic rings. The highest BCUT2D eigenvalue weighted by molar-refractivity contribution is 8.18. The maximum Gasteiger partial charge on any atom is 0.416 e. The van der Waals surface area contributed by atoms with Crippen molar-refractivity contribution in [3.05, 3.63) is 69.3 Å². The second kappa shape index (κ2) is 11.1. The molecule has 4 rings (SSSR count). The number of carbonyl (C=O) groups is 1. The fourth-order valence-corrected chi connectivity index (χ4v) is 4.59. The lowest BCUT2D eigenvalue weighted by Gasteiger charge is -2.27. The second-order valence-corrected chi connectivity index (χ2v) is 9.20. The maximum atomic E-state index is 13.4. The van der Waals surface area contributed by atoms with Crippen LogP contribution in [-0.2, 0) is 23.8 Å². The standard InChI is InChI=1S/C25H21F6N3O3S/c1-36-20-12-15(3-7-21-22(35)33-23(38-21)34-10-8-32-9-11-34)2-6-19(20)37-14-16-4-5-17(24(26,27)28)13-18(16)25(29,30)31/h2-6,12-13,32H,8-11,14H2,1H3. The van der Waals surface area contributed by atoms with E-state index in [1.165, 1.54) is 31.0 Å². The number of rotatable bonds is 5. The molecule has 0 aromatic heterocycles. The van der Waals surface area contributed by atoms with E-state index < -0.39 is 41.6 Å². The first-order valence-corrected chi connectivity index (χ1v) is 12.1. The van der Waals surface area contributed by atoms with E-state index in [0.717, 1.165) is 32.2 Å². The quantitative estimate of drug-likeness (QED) is 0.304. The molecule has 2 aromatic carbocycles. The van der Waals surface area contributed by atoms with Crippen LogP contribution in [0.15, 0.2) is 52.0 Å². The minimum Gasteiger partial charge on any atom is -0.493 e. The summed E-state index contributed by atoms with van der Waals surface area (Å²) in [5.41, 5.74) is 0.194. The van der Waals surface area contributed by atoms with Crippen molar-refractivity contribution >= 4 is 28.9 Å². The Morgan fingerprint density at radius 1 is 1.05 bits per heavy atom. The summed E-state index contributed by atoms with van der Waals surface area (Å²) in [5.74, 6) is -0.140. The SMILES string of the molecule is COc1cc(C=C=C2SC(N3CCNCC3)=NC2=O)ccc1OCc1ccc(C(F)(F)F)cc1C(F)(F)F. The van der Waals surface area contributed by atoms with Gasteiger partial charge >= 0.3 is 12.4 Å². The molecule has 0 atom stereocenters. The molecule has 202 valence electrons. The number of ether oxygens (including phenoxy) is 2. The number of alkyl halides is 6. The van der Waals surface area contributed by atoms with Crippen molar-refractivity contribution in [3.63, 3.8) is 0 Å². The van der Waals surface area contributed by atoms with Gasteiger partial charge in [0.25, 0.3) is 5.91 Å². The van der Waals surface area contributed by atoms with Crippen molar-refractivity contribution in [1.82, 2.24) is 10.2 Å². The molecule has 0 saturated carbocycles. The van der Waals surface area contributed by atoms with Crippen molar-refractivity contribution in [2.24, 2.45) is 4.99 Å². The third-order valence-corrected chi connectivity index (χ3v) is 6.68. The third-order valence-electron chi connectivity index (χ3n) is 5.66. The molecule has 1 saturated heterocycles. The van der Waals surface area contributed by atoms with E-state index in [4.69, 9.17) is 9.47 Å². The van der Waals surface area contributed by atoms with Crippen molar-refractivity contribution in [1.29, 1.82) is 0 Å². The number of aliphatic imine (C=N–C) groups is 1. The van der Waals surface area contributed by atoms with E-state index in [9.17, 15) is 31.1 Å². The van der Waals surface area contributed by atoms with E-state index >= 15 is 0 Å². The van der Waals surface area contributed by atoms with Gasteiger partial charge in [-0.25, -0.2) is 0 Å². The number of nitrogens with one attached hydrogen (secondary N) is 1. The number of hydrogen-bond donors (Lipinski definition) is 1. The fourth-order valence-electron chi connectivity index (χ4n) is 3.72. The van der Waals surface area contributed by atoms with Crippen LogP contribution in [0.25, 0.3) is 6.08 Å². The number of thioether (sulfide) groups is 1. The molecule has 2 heterocycles. The van der Waals surface area contributed by atoms with Crippen molar-refractivity contribution in [2.75, 3.05) is 33.3 Å². The summed E-state index contributed by atoms with van der Waals surface area (Å²) < 4.78 is 89.7. The van der Waals surface area contributed by atoms with Gasteiger partial charge in [-0.3, -0.25) is 4.79 Å². The number of piperazine rings is 1. The minimum atomic E-state index is -5.00. The smallest absolute Gasteiger partial charge is 0.416 e. The molecule has 0 spiro atoms. The Hall–Kier alpha value is -3.41. The van der Waals surface area contributed by atoms with Gasteiger partial charge < -0.3 is 19.7 Å². The largest absolute Gasteiger partial charge is 0.493 e. The first-order valence-electron chi connectivity index (χ1n) is 11.3. The van der Waals surface area contributed by atoms with Crippen LogP contribution < -0.4 is 14.8 Å². The number of methoxy groups -OCH3 is 1. The molecule has 0 bridgehead atoms. The lowest BCUT2D eigenvalue weighted by molar-refractivity contribution is -0.143. The molecule has 38 heavy (non-hydrogen) atoms. The van der Waals surface area contributed by atoms with Crippen LogP contribution in [-0.4, -0.2) is 49.3 Å². The first kappa shape index (κ1) is 27.6. The van der Waals surface area contributed by atoms with Crippen LogP contribution in [0.5, 0.6) is 11.5 Å². The predicted octanol–water partition coefficient (Wildman–Crippen LogP) is 5.34. The Morgan fingerprint density at radius 3 is 2.45 bits per heavy atom. The summed E-state index contributed by atoms with van der Waals surface area (Å²) >= 11 is 1.22. The van der Waals surface area contributed by atoms with E-state index in [0.29, 0.717) is 21.7 Å². The Morgan fingerprint density at radius 2 is 1.79 bits per heavy atom. The number of halogens is 6. The highest BCUT2D eigenvalue weighted by Crippen LogP contribution is 2.38. The summed E-state index contributed by atoms with van der Waals surface area (Å²) in [5, 5.41) is 3.85. The van der Waals surface area contributed by atoms with Crippen LogP contribution in [0.4, 0.5) is 26.3 Å². The molecule has 13 heteroatoms. The second-order valence-electron chi connectivity index (χ2n) is 8.22. The van der Waals surface area contributed by atoms with Crippen molar-refractivity contribution in [3.8, 4) is 11.5 Å². The number of benzene rings is 2. The molecule has 1 fully saturated rings. The molecule has 1 amide bonds. The van der Waals surface area contributed by atoms with Gasteiger partial charge in [0.15, 0.2) is 16.7 Å². The van der Waals surface area contributed by atoms with E-state index in [1.807, 2.05) is 4.90 Å². The number of hydrogen-bond acceptors (Lipinski definition) is 6. The van der Waals surface area contributed by atoms with Crippen LogP contribution in [0, 0.1) is 0 Å². The highest BCUT2D eigenvalue weighted by atomic mass is 32.2. The van der Waals surface area contributed by atoms with Crippen LogP contribution in [0.1, 0.15) is 22.3 Å². The topological polar surface area (TPSA) is 63.2 Å². The molecule has 6 nitrogen and oxygen atoms in total. The Bertz CT molecular complexity index is 1310. The highest BCUT2D eigenvalue weighted by Gasteiger charge is 2.38. The monoisotopic (exact) mass is 557 g/mol. The van der Waals surface area contributed by atoms with Crippen molar-refractivity contribution < 1.29 is 40.6 Å². The Labute approximate surface area is 218 Å². The van der Waals surface area contributed by atoms with Gasteiger partial charge in [-0.1, -0.05) is 17.9 Å². The zero-order valence-electron chi connectivity index (χ0n) is 19.9. The Kier molecular flexibility index (Phi) is 8.10. The summed E-state index contributed by atoms with van der Waals surface area (Å²) in [6.45, 7) is 2.44. The number of nitrogens with zero attached hydrogens (tertiary/aromatic N) is 2. The molecule has 0 aliphatic carbocycles. The van der Waals surface area contributed by atoms with Gasteiger partial charge in [0.05, 0.1) is 18.2 Å². The lowest BCUT2D eigenvalue weighted by atomic mass is 10.0.